The summed E-state index contributed by atoms with van der Waals surface area (Å²) >= 11 is 1.47. The van der Waals surface area contributed by atoms with Gasteiger partial charge in [-0.3, -0.25) is 4.79 Å². The van der Waals surface area contributed by atoms with Gasteiger partial charge in [0.25, 0.3) is 5.91 Å². The molecule has 0 unspecified atom stereocenters. The van der Waals surface area contributed by atoms with Crippen LogP contribution in [-0.2, 0) is 4.79 Å². The van der Waals surface area contributed by atoms with Crippen LogP contribution in [0.4, 0.5) is 5.69 Å². The van der Waals surface area contributed by atoms with E-state index in [0.29, 0.717) is 11.5 Å². The van der Waals surface area contributed by atoms with E-state index in [-0.39, 0.29) is 5.91 Å². The van der Waals surface area contributed by atoms with E-state index >= 15 is 0 Å². The molecule has 1 fully saturated rings. The van der Waals surface area contributed by atoms with Crippen LogP contribution >= 0.6 is 11.8 Å². The average molecular weight is 408 g/mol. The second-order valence-electron chi connectivity index (χ2n) is 7.07. The monoisotopic (exact) mass is 407 g/mol. The molecule has 0 aliphatic carbocycles. The van der Waals surface area contributed by atoms with Crippen LogP contribution in [0.5, 0.6) is 5.75 Å². The van der Waals surface area contributed by atoms with Crippen LogP contribution in [0.3, 0.4) is 0 Å². The van der Waals surface area contributed by atoms with E-state index < -0.39 is 0 Å². The predicted molar refractivity (Wildman–Crippen MR) is 121 cm³/mol. The molecule has 6 heteroatoms. The number of thioether (sulfide) groups is 1. The Balaban J connectivity index is 1.38. The molecule has 2 aliphatic heterocycles. The van der Waals surface area contributed by atoms with Gasteiger partial charge < -0.3 is 14.5 Å². The lowest BCUT2D eigenvalue weighted by molar-refractivity contribution is -0.113. The van der Waals surface area contributed by atoms with E-state index in [1.165, 1.54) is 23.0 Å². The minimum Gasteiger partial charge on any atom is -0.494 e. The van der Waals surface area contributed by atoms with Gasteiger partial charge in [0, 0.05) is 31.9 Å². The summed E-state index contributed by atoms with van der Waals surface area (Å²) < 4.78 is 5.47. The number of aliphatic imine (C=N–C) groups is 1. The van der Waals surface area contributed by atoms with Gasteiger partial charge in [0.1, 0.15) is 5.75 Å². The Kier molecular flexibility index (Phi) is 5.90. The number of amides is 1. The number of hydrogen-bond acceptors (Lipinski definition) is 5. The first-order valence-electron chi connectivity index (χ1n) is 9.95. The van der Waals surface area contributed by atoms with Crippen molar-refractivity contribution in [2.45, 2.75) is 13.8 Å². The number of hydrogen-bond donors (Lipinski definition) is 0. The highest BCUT2D eigenvalue weighted by molar-refractivity contribution is 8.18. The number of anilines is 1. The molecule has 1 saturated heterocycles. The van der Waals surface area contributed by atoms with Crippen LogP contribution in [-0.4, -0.2) is 48.8 Å². The van der Waals surface area contributed by atoms with Crippen LogP contribution in [0.25, 0.3) is 6.08 Å². The zero-order valence-electron chi connectivity index (χ0n) is 16.8. The molecule has 0 atom stereocenters. The molecule has 2 aliphatic rings. The van der Waals surface area contributed by atoms with E-state index in [9.17, 15) is 4.79 Å². The fraction of sp³-hybridized carbons (Fsp3) is 0.304. The summed E-state index contributed by atoms with van der Waals surface area (Å²) in [6.45, 7) is 8.34. The number of para-hydroxylation sites is 1. The molecular formula is C23H25N3O2S. The fourth-order valence-corrected chi connectivity index (χ4v) is 4.53. The maximum absolute atomic E-state index is 12.4. The quantitative estimate of drug-likeness (QED) is 0.712. The lowest BCUT2D eigenvalue weighted by atomic mass is 10.1. The summed E-state index contributed by atoms with van der Waals surface area (Å²) in [5, 5.41) is 0.816. The second kappa shape index (κ2) is 8.74. The Morgan fingerprint density at radius 1 is 1.03 bits per heavy atom. The SMILES string of the molecule is CCOc1ccc(C=C2SC(N3CCN(c4ccccc4C)CC3)=NC2=O)cc1. The zero-order chi connectivity index (χ0) is 20.2. The Labute approximate surface area is 176 Å². The largest absolute Gasteiger partial charge is 0.494 e. The third-order valence-corrected chi connectivity index (χ3v) is 6.15. The molecule has 2 aromatic rings. The fourth-order valence-electron chi connectivity index (χ4n) is 3.57. The molecule has 1 amide bonds. The van der Waals surface area contributed by atoms with Gasteiger partial charge in [0.2, 0.25) is 0 Å². The first kappa shape index (κ1) is 19.6. The van der Waals surface area contributed by atoms with Gasteiger partial charge in [-0.05, 0) is 61.0 Å². The predicted octanol–water partition coefficient (Wildman–Crippen LogP) is 4.19. The maximum Gasteiger partial charge on any atom is 0.286 e. The molecular weight excluding hydrogens is 382 g/mol. The number of nitrogens with zero attached hydrogens (tertiary/aromatic N) is 3. The summed E-state index contributed by atoms with van der Waals surface area (Å²) in [5.41, 5.74) is 3.56. The van der Waals surface area contributed by atoms with E-state index in [0.717, 1.165) is 42.7 Å². The van der Waals surface area contributed by atoms with Crippen LogP contribution in [0, 0.1) is 6.92 Å². The number of rotatable bonds is 4. The molecule has 0 aromatic heterocycles. The number of benzene rings is 2. The molecule has 4 rings (SSSR count). The van der Waals surface area contributed by atoms with E-state index in [2.05, 4.69) is 46.0 Å². The van der Waals surface area contributed by atoms with Crippen molar-refractivity contribution in [1.29, 1.82) is 0 Å². The van der Waals surface area contributed by atoms with Crippen molar-refractivity contribution in [3.05, 3.63) is 64.6 Å². The van der Waals surface area contributed by atoms with Gasteiger partial charge in [-0.2, -0.15) is 4.99 Å². The second-order valence-corrected chi connectivity index (χ2v) is 8.08. The summed E-state index contributed by atoms with van der Waals surface area (Å²) in [5.74, 6) is 0.684. The molecule has 2 aromatic carbocycles. The number of carbonyl (C=O) groups is 1. The van der Waals surface area contributed by atoms with Gasteiger partial charge in [-0.25, -0.2) is 0 Å². The Hall–Kier alpha value is -2.73. The molecule has 150 valence electrons. The highest BCUT2D eigenvalue weighted by atomic mass is 32.2. The molecule has 0 spiro atoms. The number of amidine groups is 1. The maximum atomic E-state index is 12.4. The van der Waals surface area contributed by atoms with Gasteiger partial charge >= 0.3 is 0 Å². The first-order chi connectivity index (χ1) is 14.1. The van der Waals surface area contributed by atoms with E-state index in [1.807, 2.05) is 37.3 Å². The molecule has 0 radical (unpaired) electrons. The standard InChI is InChI=1S/C23H25N3O2S/c1-3-28-19-10-8-18(9-11-19)16-21-22(27)24-23(29-21)26-14-12-25(13-15-26)20-7-5-4-6-17(20)2/h4-11,16H,3,12-15H2,1-2H3. The Morgan fingerprint density at radius 2 is 1.72 bits per heavy atom. The van der Waals surface area contributed by atoms with Crippen molar-refractivity contribution >= 4 is 34.6 Å². The molecule has 0 bridgehead atoms. The zero-order valence-corrected chi connectivity index (χ0v) is 17.6. The Morgan fingerprint density at radius 3 is 2.41 bits per heavy atom. The third kappa shape index (κ3) is 4.48. The normalized spacial score (nSPS) is 18.3. The minimum absolute atomic E-state index is 0.153. The smallest absolute Gasteiger partial charge is 0.286 e. The summed E-state index contributed by atoms with van der Waals surface area (Å²) in [6.07, 6.45) is 1.91. The summed E-state index contributed by atoms with van der Waals surface area (Å²) in [6, 6.07) is 16.3. The lowest BCUT2D eigenvalue weighted by Crippen LogP contribution is -2.48. The number of piperazine rings is 1. The van der Waals surface area contributed by atoms with Crippen molar-refractivity contribution in [3.8, 4) is 5.75 Å². The first-order valence-corrected chi connectivity index (χ1v) is 10.8. The summed E-state index contributed by atoms with van der Waals surface area (Å²) in [7, 11) is 0. The van der Waals surface area contributed by atoms with Crippen molar-refractivity contribution < 1.29 is 9.53 Å². The lowest BCUT2D eigenvalue weighted by Gasteiger charge is -2.37. The number of carbonyl (C=O) groups excluding carboxylic acids is 1. The van der Waals surface area contributed by atoms with Crippen molar-refractivity contribution in [2.24, 2.45) is 4.99 Å². The number of aryl methyl sites for hydroxylation is 1. The van der Waals surface area contributed by atoms with Crippen LogP contribution < -0.4 is 9.64 Å². The van der Waals surface area contributed by atoms with Crippen molar-refractivity contribution in [1.82, 2.24) is 4.90 Å². The van der Waals surface area contributed by atoms with Gasteiger partial charge in [0.15, 0.2) is 5.17 Å². The molecule has 0 N–H and O–H groups in total. The van der Waals surface area contributed by atoms with Gasteiger partial charge in [-0.1, -0.05) is 30.3 Å². The summed E-state index contributed by atoms with van der Waals surface area (Å²) in [4.78, 5) is 22.0. The number of ether oxygens (including phenoxy) is 1. The van der Waals surface area contributed by atoms with Crippen molar-refractivity contribution in [2.75, 3.05) is 37.7 Å². The van der Waals surface area contributed by atoms with E-state index in [4.69, 9.17) is 4.74 Å². The Bertz CT molecular complexity index is 945. The van der Waals surface area contributed by atoms with Crippen LogP contribution in [0.2, 0.25) is 0 Å². The van der Waals surface area contributed by atoms with Crippen molar-refractivity contribution in [3.63, 3.8) is 0 Å². The highest BCUT2D eigenvalue weighted by Crippen LogP contribution is 2.31. The molecule has 0 saturated carbocycles. The van der Waals surface area contributed by atoms with E-state index in [1.54, 1.807) is 0 Å². The van der Waals surface area contributed by atoms with Crippen LogP contribution in [0.15, 0.2) is 58.4 Å². The third-order valence-electron chi connectivity index (χ3n) is 5.10. The highest BCUT2D eigenvalue weighted by Gasteiger charge is 2.28. The molecule has 29 heavy (non-hydrogen) atoms. The van der Waals surface area contributed by atoms with Crippen LogP contribution in [0.1, 0.15) is 18.1 Å². The molecule has 5 nitrogen and oxygen atoms in total. The minimum atomic E-state index is -0.153. The van der Waals surface area contributed by atoms with Gasteiger partial charge in [-0.15, -0.1) is 0 Å². The average Bonchev–Trinajstić information content (AvgIpc) is 3.10. The van der Waals surface area contributed by atoms with Gasteiger partial charge in [0.05, 0.1) is 11.5 Å². The topological polar surface area (TPSA) is 45.1 Å². The molecule has 2 heterocycles.